The molecule has 4 nitrogen and oxygen atoms in total. The standard InChI is InChI=1S/C8H17NO3S/c1-7(8(10)11)6-13(12)5-4-9(2)3/h7H,4-6H2,1-3H3,(H,10,11). The molecule has 0 radical (unpaired) electrons. The van der Waals surface area contributed by atoms with Crippen LogP contribution in [0.4, 0.5) is 0 Å². The van der Waals surface area contributed by atoms with Crippen LogP contribution in [-0.2, 0) is 15.6 Å². The Hall–Kier alpha value is -0.420. The van der Waals surface area contributed by atoms with Crippen LogP contribution in [-0.4, -0.2) is 52.3 Å². The number of rotatable bonds is 6. The summed E-state index contributed by atoms with van der Waals surface area (Å²) in [4.78, 5) is 12.4. The van der Waals surface area contributed by atoms with Gasteiger partial charge in [0.25, 0.3) is 0 Å². The minimum atomic E-state index is -1.01. The highest BCUT2D eigenvalue weighted by Crippen LogP contribution is 1.98. The summed E-state index contributed by atoms with van der Waals surface area (Å²) in [5.74, 6) is -0.588. The van der Waals surface area contributed by atoms with Gasteiger partial charge >= 0.3 is 5.97 Å². The van der Waals surface area contributed by atoms with Gasteiger partial charge in [0.05, 0.1) is 5.92 Å². The van der Waals surface area contributed by atoms with E-state index in [-0.39, 0.29) is 5.75 Å². The van der Waals surface area contributed by atoms with E-state index >= 15 is 0 Å². The number of nitrogens with zero attached hydrogens (tertiary/aromatic N) is 1. The molecule has 0 bridgehead atoms. The van der Waals surface area contributed by atoms with E-state index in [0.29, 0.717) is 5.75 Å². The van der Waals surface area contributed by atoms with E-state index in [9.17, 15) is 9.00 Å². The maximum Gasteiger partial charge on any atom is 0.307 e. The molecule has 0 aliphatic carbocycles. The molecule has 13 heavy (non-hydrogen) atoms. The quantitative estimate of drug-likeness (QED) is 0.667. The van der Waals surface area contributed by atoms with Crippen LogP contribution >= 0.6 is 0 Å². The molecule has 0 heterocycles. The lowest BCUT2D eigenvalue weighted by atomic mass is 10.2. The van der Waals surface area contributed by atoms with Crippen LogP contribution in [0.2, 0.25) is 0 Å². The van der Waals surface area contributed by atoms with Crippen LogP contribution in [0.15, 0.2) is 0 Å². The molecule has 78 valence electrons. The fourth-order valence-corrected chi connectivity index (χ4v) is 2.15. The topological polar surface area (TPSA) is 57.6 Å². The predicted octanol–water partition coefficient (Wildman–Crippen LogP) is 0.0174. The van der Waals surface area contributed by atoms with Crippen molar-refractivity contribution in [1.82, 2.24) is 4.90 Å². The van der Waals surface area contributed by atoms with Crippen LogP contribution in [0, 0.1) is 5.92 Å². The minimum absolute atomic E-state index is 0.253. The van der Waals surface area contributed by atoms with Gasteiger partial charge in [0.1, 0.15) is 0 Å². The molecule has 0 aliphatic heterocycles. The van der Waals surface area contributed by atoms with E-state index in [2.05, 4.69) is 0 Å². The van der Waals surface area contributed by atoms with E-state index in [4.69, 9.17) is 5.11 Å². The Bertz CT molecular complexity index is 194. The molecule has 0 aromatic carbocycles. The second-order valence-corrected chi connectivity index (χ2v) is 4.97. The van der Waals surface area contributed by atoms with Crippen molar-refractivity contribution in [3.63, 3.8) is 0 Å². The summed E-state index contributed by atoms with van der Waals surface area (Å²) in [5.41, 5.74) is 0. The van der Waals surface area contributed by atoms with E-state index in [1.165, 1.54) is 0 Å². The number of carboxylic acid groups (broad SMARTS) is 1. The summed E-state index contributed by atoms with van der Waals surface area (Å²) in [6.45, 7) is 2.31. The van der Waals surface area contributed by atoms with Gasteiger partial charge in [-0.05, 0) is 14.1 Å². The maximum atomic E-state index is 11.3. The van der Waals surface area contributed by atoms with Crippen LogP contribution < -0.4 is 0 Å². The van der Waals surface area contributed by atoms with Crippen molar-refractivity contribution in [2.24, 2.45) is 5.92 Å². The first kappa shape index (κ1) is 12.6. The Morgan fingerprint density at radius 3 is 2.46 bits per heavy atom. The Labute approximate surface area is 81.4 Å². The van der Waals surface area contributed by atoms with Gasteiger partial charge in [-0.1, -0.05) is 6.92 Å². The zero-order chi connectivity index (χ0) is 10.4. The summed E-state index contributed by atoms with van der Waals surface area (Å²) in [6.07, 6.45) is 0. The first-order valence-corrected chi connectivity index (χ1v) is 5.64. The zero-order valence-electron chi connectivity index (χ0n) is 8.32. The van der Waals surface area contributed by atoms with E-state index in [1.54, 1.807) is 6.92 Å². The Morgan fingerprint density at radius 1 is 1.54 bits per heavy atom. The van der Waals surface area contributed by atoms with E-state index < -0.39 is 22.7 Å². The zero-order valence-corrected chi connectivity index (χ0v) is 9.13. The Morgan fingerprint density at radius 2 is 2.08 bits per heavy atom. The molecular formula is C8H17NO3S. The van der Waals surface area contributed by atoms with Crippen LogP contribution in [0.25, 0.3) is 0 Å². The number of aliphatic carboxylic acids is 1. The van der Waals surface area contributed by atoms with Crippen molar-refractivity contribution >= 4 is 16.8 Å². The highest BCUT2D eigenvalue weighted by atomic mass is 32.2. The summed E-state index contributed by atoms with van der Waals surface area (Å²) < 4.78 is 11.3. The lowest BCUT2D eigenvalue weighted by Gasteiger charge is -2.10. The average molecular weight is 207 g/mol. The van der Waals surface area contributed by atoms with Gasteiger partial charge in [0.15, 0.2) is 0 Å². The van der Waals surface area contributed by atoms with E-state index in [0.717, 1.165) is 6.54 Å². The normalized spacial score (nSPS) is 15.7. The van der Waals surface area contributed by atoms with Crippen LogP contribution in [0.5, 0.6) is 0 Å². The first-order valence-electron chi connectivity index (χ1n) is 4.16. The highest BCUT2D eigenvalue weighted by Gasteiger charge is 2.14. The molecule has 2 atom stereocenters. The van der Waals surface area contributed by atoms with Crippen molar-refractivity contribution in [2.45, 2.75) is 6.92 Å². The van der Waals surface area contributed by atoms with Crippen LogP contribution in [0.1, 0.15) is 6.92 Å². The fraction of sp³-hybridized carbons (Fsp3) is 0.875. The van der Waals surface area contributed by atoms with Crippen LogP contribution in [0.3, 0.4) is 0 Å². The number of hydrogen-bond acceptors (Lipinski definition) is 3. The van der Waals surface area contributed by atoms with Crippen molar-refractivity contribution in [2.75, 3.05) is 32.1 Å². The molecule has 5 heteroatoms. The van der Waals surface area contributed by atoms with Gasteiger partial charge in [0.2, 0.25) is 0 Å². The lowest BCUT2D eigenvalue weighted by Crippen LogP contribution is -2.24. The third kappa shape index (κ3) is 6.72. The largest absolute Gasteiger partial charge is 0.481 e. The summed E-state index contributed by atoms with van der Waals surface area (Å²) in [7, 11) is 2.79. The Kier molecular flexibility index (Phi) is 5.90. The molecular weight excluding hydrogens is 190 g/mol. The van der Waals surface area contributed by atoms with E-state index in [1.807, 2.05) is 19.0 Å². The summed E-state index contributed by atoms with van der Waals surface area (Å²) >= 11 is 0. The van der Waals surface area contributed by atoms with Gasteiger partial charge in [-0.15, -0.1) is 0 Å². The molecule has 0 spiro atoms. The number of carboxylic acids is 1. The van der Waals surface area contributed by atoms with Gasteiger partial charge in [-0.25, -0.2) is 0 Å². The molecule has 0 saturated heterocycles. The maximum absolute atomic E-state index is 11.3. The molecule has 0 fully saturated rings. The van der Waals surface area contributed by atoms with Crippen molar-refractivity contribution in [1.29, 1.82) is 0 Å². The summed E-state index contributed by atoms with van der Waals surface area (Å²) in [6, 6.07) is 0. The van der Waals surface area contributed by atoms with Gasteiger partial charge < -0.3 is 10.0 Å². The van der Waals surface area contributed by atoms with Gasteiger partial charge in [-0.3, -0.25) is 9.00 Å². The number of carbonyl (C=O) groups is 1. The van der Waals surface area contributed by atoms with Gasteiger partial charge in [0, 0.05) is 28.9 Å². The monoisotopic (exact) mass is 207 g/mol. The SMILES string of the molecule is CC(CS(=O)CCN(C)C)C(=O)O. The molecule has 0 saturated carbocycles. The molecule has 0 aliphatic rings. The number of hydrogen-bond donors (Lipinski definition) is 1. The van der Waals surface area contributed by atoms with Crippen molar-refractivity contribution < 1.29 is 14.1 Å². The van der Waals surface area contributed by atoms with Crippen molar-refractivity contribution in [3.8, 4) is 0 Å². The third-order valence-electron chi connectivity index (χ3n) is 1.62. The molecule has 1 N–H and O–H groups in total. The Balaban J connectivity index is 3.68. The second-order valence-electron chi connectivity index (χ2n) is 3.35. The average Bonchev–Trinajstić information content (AvgIpc) is 2.00. The first-order chi connectivity index (χ1) is 5.93. The highest BCUT2D eigenvalue weighted by molar-refractivity contribution is 7.85. The smallest absolute Gasteiger partial charge is 0.307 e. The second kappa shape index (κ2) is 6.10. The predicted molar refractivity (Wildman–Crippen MR) is 53.2 cm³/mol. The fourth-order valence-electron chi connectivity index (χ4n) is 0.718. The molecule has 0 amide bonds. The van der Waals surface area contributed by atoms with Gasteiger partial charge in [-0.2, -0.15) is 0 Å². The minimum Gasteiger partial charge on any atom is -0.481 e. The molecule has 0 rings (SSSR count). The third-order valence-corrected chi connectivity index (χ3v) is 3.13. The lowest BCUT2D eigenvalue weighted by molar-refractivity contribution is -0.140. The van der Waals surface area contributed by atoms with Crippen molar-refractivity contribution in [3.05, 3.63) is 0 Å². The summed E-state index contributed by atoms with van der Waals surface area (Å²) in [5, 5.41) is 8.56. The molecule has 0 aromatic rings. The molecule has 0 aromatic heterocycles. The molecule has 2 unspecified atom stereocenters.